The summed E-state index contributed by atoms with van der Waals surface area (Å²) >= 11 is 0. The maximum Gasteiger partial charge on any atom is 0.338 e. The van der Waals surface area contributed by atoms with Gasteiger partial charge in [0.25, 0.3) is 0 Å². The first kappa shape index (κ1) is 6.15. The van der Waals surface area contributed by atoms with Crippen molar-refractivity contribution in [2.24, 2.45) is 0 Å². The maximum atomic E-state index is 12.7. The molecule has 0 amide bonds. The number of benzene rings is 1. The molecule has 1 heterocycles. The number of carboxylic acid groups (broad SMARTS) is 1. The summed E-state index contributed by atoms with van der Waals surface area (Å²) in [6.45, 7) is 0. The first-order valence-electron chi connectivity index (χ1n) is 3.02. The molecule has 1 aliphatic heterocycles. The van der Waals surface area contributed by atoms with Crippen LogP contribution in [0, 0.1) is 5.82 Å². The number of halogens is 1. The van der Waals surface area contributed by atoms with Crippen LogP contribution in [0.1, 0.15) is 10.4 Å². The Morgan fingerprint density at radius 1 is 1.45 bits per heavy atom. The van der Waals surface area contributed by atoms with Crippen molar-refractivity contribution in [1.29, 1.82) is 0 Å². The highest BCUT2D eigenvalue weighted by Gasteiger charge is 2.21. The monoisotopic (exact) mass is 153 g/mol. The number of hydrogen-bond acceptors (Lipinski definition) is 2. The summed E-state index contributed by atoms with van der Waals surface area (Å²) in [6.07, 6.45) is 0. The fourth-order valence-electron chi connectivity index (χ4n) is 0.923. The van der Waals surface area contributed by atoms with Crippen LogP contribution in [0.3, 0.4) is 0 Å². The molecule has 0 saturated carbocycles. The molecular weight excluding hydrogens is 149 g/mol. The first-order valence-corrected chi connectivity index (χ1v) is 3.02. The molecule has 56 valence electrons. The average molecular weight is 153 g/mol. The lowest BCUT2D eigenvalue weighted by molar-refractivity contribution is 0.0692. The Bertz CT molecular complexity index is 349. The highest BCUT2D eigenvalue weighted by Crippen LogP contribution is 2.39. The van der Waals surface area contributed by atoms with E-state index in [1.54, 1.807) is 0 Å². The van der Waals surface area contributed by atoms with Gasteiger partial charge in [0, 0.05) is 6.07 Å². The summed E-state index contributed by atoms with van der Waals surface area (Å²) in [5.41, 5.74) is 1.09. The van der Waals surface area contributed by atoms with E-state index in [0.29, 0.717) is 11.4 Å². The zero-order valence-corrected chi connectivity index (χ0v) is 5.39. The van der Waals surface area contributed by atoms with Crippen molar-refractivity contribution in [3.8, 4) is 0 Å². The summed E-state index contributed by atoms with van der Waals surface area (Å²) in [5, 5.41) is 11.2. The second kappa shape index (κ2) is 1.72. The topological polar surface area (TPSA) is 59.2 Å². The molecule has 3 nitrogen and oxygen atoms in total. The number of anilines is 2. The summed E-state index contributed by atoms with van der Waals surface area (Å²) < 4.78 is 12.7. The highest BCUT2D eigenvalue weighted by molar-refractivity contribution is 5.97. The number of aromatic carboxylic acids is 1. The summed E-state index contributed by atoms with van der Waals surface area (Å²) in [7, 11) is 0. The third-order valence-electron chi connectivity index (χ3n) is 1.54. The van der Waals surface area contributed by atoms with Crippen molar-refractivity contribution in [3.63, 3.8) is 0 Å². The van der Waals surface area contributed by atoms with Gasteiger partial charge < -0.3 is 10.4 Å². The van der Waals surface area contributed by atoms with Crippen LogP contribution in [-0.2, 0) is 0 Å². The van der Waals surface area contributed by atoms with Gasteiger partial charge in [-0.25, -0.2) is 9.18 Å². The number of rotatable bonds is 1. The molecule has 0 spiro atoms. The normalized spacial score (nSPS) is 11.7. The number of carboxylic acids is 1. The highest BCUT2D eigenvalue weighted by atomic mass is 19.1. The number of hydrogen-bond donors (Lipinski definition) is 2. The molecule has 11 heavy (non-hydrogen) atoms. The molecule has 0 bridgehead atoms. The van der Waals surface area contributed by atoms with Crippen molar-refractivity contribution < 1.29 is 14.3 Å². The van der Waals surface area contributed by atoms with Crippen LogP contribution >= 0.6 is 0 Å². The van der Waals surface area contributed by atoms with E-state index in [4.69, 9.17) is 5.11 Å². The van der Waals surface area contributed by atoms with Gasteiger partial charge in [0.1, 0.15) is 5.82 Å². The lowest BCUT2D eigenvalue weighted by Gasteiger charge is -1.91. The molecule has 0 aliphatic carbocycles. The molecule has 0 radical (unpaired) electrons. The predicted molar refractivity (Wildman–Crippen MR) is 36.6 cm³/mol. The van der Waals surface area contributed by atoms with Crippen molar-refractivity contribution in [2.45, 2.75) is 0 Å². The van der Waals surface area contributed by atoms with Crippen LogP contribution in [0.25, 0.3) is 0 Å². The van der Waals surface area contributed by atoms with E-state index in [1.807, 2.05) is 0 Å². The Morgan fingerprint density at radius 2 is 2.09 bits per heavy atom. The summed E-state index contributed by atoms with van der Waals surface area (Å²) in [5.74, 6) is -1.93. The molecule has 0 aromatic heterocycles. The van der Waals surface area contributed by atoms with E-state index < -0.39 is 11.8 Å². The van der Waals surface area contributed by atoms with Gasteiger partial charge >= 0.3 is 5.97 Å². The Kier molecular flexibility index (Phi) is 0.961. The quantitative estimate of drug-likeness (QED) is 0.611. The summed E-state index contributed by atoms with van der Waals surface area (Å²) in [4.78, 5) is 10.3. The van der Waals surface area contributed by atoms with E-state index >= 15 is 0 Å². The molecule has 1 aromatic carbocycles. The van der Waals surface area contributed by atoms with Gasteiger partial charge in [-0.1, -0.05) is 0 Å². The van der Waals surface area contributed by atoms with Crippen LogP contribution in [0.4, 0.5) is 15.8 Å². The van der Waals surface area contributed by atoms with Crippen LogP contribution < -0.4 is 5.32 Å². The van der Waals surface area contributed by atoms with Gasteiger partial charge in [0.05, 0.1) is 16.9 Å². The third kappa shape index (κ3) is 0.832. The summed E-state index contributed by atoms with van der Waals surface area (Å²) in [6, 6.07) is 2.46. The van der Waals surface area contributed by atoms with Crippen molar-refractivity contribution in [1.82, 2.24) is 0 Å². The van der Waals surface area contributed by atoms with Crippen LogP contribution in [0.5, 0.6) is 0 Å². The maximum absolute atomic E-state index is 12.7. The lowest BCUT2D eigenvalue weighted by atomic mass is 10.2. The minimum absolute atomic E-state index is 0.284. The number of carbonyl (C=O) groups is 1. The van der Waals surface area contributed by atoms with E-state index in [9.17, 15) is 9.18 Å². The Hall–Kier alpha value is -1.58. The Labute approximate surface area is 61.5 Å². The fraction of sp³-hybridized carbons (Fsp3) is 0. The van der Waals surface area contributed by atoms with Crippen LogP contribution in [-0.4, -0.2) is 11.1 Å². The lowest BCUT2D eigenvalue weighted by Crippen LogP contribution is -1.97. The van der Waals surface area contributed by atoms with Crippen molar-refractivity contribution in [2.75, 3.05) is 5.32 Å². The molecule has 2 N–H and O–H groups in total. The molecule has 1 aliphatic rings. The van der Waals surface area contributed by atoms with Gasteiger partial charge in [0.15, 0.2) is 0 Å². The van der Waals surface area contributed by atoms with Crippen LogP contribution in [0.15, 0.2) is 12.1 Å². The van der Waals surface area contributed by atoms with E-state index in [1.165, 1.54) is 12.1 Å². The van der Waals surface area contributed by atoms with Gasteiger partial charge in [-0.3, -0.25) is 0 Å². The molecule has 0 saturated heterocycles. The van der Waals surface area contributed by atoms with E-state index in [2.05, 4.69) is 5.32 Å². The average Bonchev–Trinajstić information content (AvgIpc) is 2.63. The molecule has 4 heteroatoms. The first-order chi connectivity index (χ1) is 5.18. The fourth-order valence-corrected chi connectivity index (χ4v) is 0.923. The largest absolute Gasteiger partial charge is 0.478 e. The van der Waals surface area contributed by atoms with Gasteiger partial charge in [-0.15, -0.1) is 0 Å². The van der Waals surface area contributed by atoms with Gasteiger partial charge in [-0.2, -0.15) is 0 Å². The second-order valence-electron chi connectivity index (χ2n) is 2.31. The van der Waals surface area contributed by atoms with Gasteiger partial charge in [-0.05, 0) is 6.07 Å². The molecule has 2 rings (SSSR count). The Balaban J connectivity index is 2.57. The molecular formula is C7H4FNO2. The smallest absolute Gasteiger partial charge is 0.338 e. The molecule has 0 atom stereocenters. The minimum Gasteiger partial charge on any atom is -0.478 e. The standard InChI is InChI=1S/C7H4FNO2/c8-4-2-6-5(9-6)1-3(4)7(10)11/h1-2,9H,(H,10,11). The molecule has 0 fully saturated rings. The van der Waals surface area contributed by atoms with Crippen molar-refractivity contribution >= 4 is 17.3 Å². The predicted octanol–water partition coefficient (Wildman–Crippen LogP) is 1.58. The second-order valence-corrected chi connectivity index (χ2v) is 2.31. The Morgan fingerprint density at radius 3 is 2.73 bits per heavy atom. The zero-order chi connectivity index (χ0) is 8.01. The number of fused-ring (bicyclic) bond motifs is 1. The van der Waals surface area contributed by atoms with E-state index in [0.717, 1.165) is 0 Å². The molecule has 1 aromatic rings. The third-order valence-corrected chi connectivity index (χ3v) is 1.54. The van der Waals surface area contributed by atoms with Crippen molar-refractivity contribution in [3.05, 3.63) is 23.5 Å². The minimum atomic E-state index is -1.24. The number of nitrogens with one attached hydrogen (secondary N) is 1. The SMILES string of the molecule is O=C(O)c1cc2c(cc1F)N2. The van der Waals surface area contributed by atoms with Crippen LogP contribution in [0.2, 0.25) is 0 Å². The zero-order valence-electron chi connectivity index (χ0n) is 5.39. The van der Waals surface area contributed by atoms with E-state index in [-0.39, 0.29) is 5.56 Å². The molecule has 0 unspecified atom stereocenters. The van der Waals surface area contributed by atoms with Gasteiger partial charge in [0.2, 0.25) is 0 Å².